The topological polar surface area (TPSA) is 67.4 Å². The minimum Gasteiger partial charge on any atom is -0.463 e. The summed E-state index contributed by atoms with van der Waals surface area (Å²) in [6, 6.07) is 7.43. The van der Waals surface area contributed by atoms with Gasteiger partial charge in [-0.1, -0.05) is 29.8 Å². The highest BCUT2D eigenvalue weighted by atomic mass is 35.5. The van der Waals surface area contributed by atoms with Crippen molar-refractivity contribution in [2.45, 2.75) is 45.8 Å². The monoisotopic (exact) mass is 342 g/mol. The Morgan fingerprint density at radius 3 is 2.30 bits per heavy atom. The molecular weight excluding hydrogens is 316 g/mol. The van der Waals surface area contributed by atoms with Crippen LogP contribution in [-0.4, -0.2) is 31.6 Å². The van der Waals surface area contributed by atoms with E-state index in [0.29, 0.717) is 13.0 Å². The molecule has 1 aromatic carbocycles. The number of ether oxygens (including phenoxy) is 1. The zero-order valence-electron chi connectivity index (χ0n) is 14.2. The molecule has 1 amide bonds. The van der Waals surface area contributed by atoms with Crippen LogP contribution in [0.25, 0.3) is 0 Å². The van der Waals surface area contributed by atoms with Crippen LogP contribution < -0.4 is 10.6 Å². The maximum atomic E-state index is 12.0. The van der Waals surface area contributed by atoms with Gasteiger partial charge in [0.15, 0.2) is 0 Å². The van der Waals surface area contributed by atoms with E-state index in [0.717, 1.165) is 11.1 Å². The molecule has 0 saturated carbocycles. The lowest BCUT2D eigenvalue weighted by Crippen LogP contribution is -2.32. The zero-order valence-corrected chi connectivity index (χ0v) is 15.0. The first-order valence-electron chi connectivity index (χ1n) is 7.62. The lowest BCUT2D eigenvalue weighted by Gasteiger charge is -2.19. The Morgan fingerprint density at radius 1 is 1.17 bits per heavy atom. The highest BCUT2D eigenvalue weighted by Gasteiger charge is 2.19. The van der Waals surface area contributed by atoms with E-state index in [9.17, 15) is 9.59 Å². The Kier molecular flexibility index (Phi) is 10.3. The van der Waals surface area contributed by atoms with Crippen LogP contribution in [0.1, 0.15) is 43.9 Å². The predicted molar refractivity (Wildman–Crippen MR) is 93.7 cm³/mol. The van der Waals surface area contributed by atoms with Crippen LogP contribution in [0, 0.1) is 6.92 Å². The molecule has 2 N–H and O–H groups in total. The van der Waals surface area contributed by atoms with Gasteiger partial charge < -0.3 is 15.4 Å². The fourth-order valence-corrected chi connectivity index (χ4v) is 2.03. The van der Waals surface area contributed by atoms with E-state index in [-0.39, 0.29) is 42.9 Å². The van der Waals surface area contributed by atoms with Gasteiger partial charge in [0.1, 0.15) is 0 Å². The van der Waals surface area contributed by atoms with E-state index in [1.54, 1.807) is 7.05 Å². The molecule has 0 saturated heterocycles. The lowest BCUT2D eigenvalue weighted by molar-refractivity contribution is -0.148. The van der Waals surface area contributed by atoms with Crippen molar-refractivity contribution >= 4 is 24.3 Å². The summed E-state index contributed by atoms with van der Waals surface area (Å²) in [6.45, 7) is 6.22. The molecule has 1 rings (SSSR count). The van der Waals surface area contributed by atoms with Crippen molar-refractivity contribution in [2.24, 2.45) is 0 Å². The van der Waals surface area contributed by atoms with Crippen molar-refractivity contribution in [3.63, 3.8) is 0 Å². The molecule has 1 atom stereocenters. The number of hydrogen-bond acceptors (Lipinski definition) is 4. The third kappa shape index (κ3) is 8.57. The van der Waals surface area contributed by atoms with E-state index in [1.807, 2.05) is 45.0 Å². The van der Waals surface area contributed by atoms with E-state index in [1.165, 1.54) is 0 Å². The number of nitrogens with one attached hydrogen (secondary N) is 2. The second-order valence-electron chi connectivity index (χ2n) is 5.63. The second kappa shape index (κ2) is 11.0. The number of carbonyl (C=O) groups is 2. The van der Waals surface area contributed by atoms with Gasteiger partial charge in [0.25, 0.3) is 0 Å². The van der Waals surface area contributed by atoms with Crippen LogP contribution in [0.2, 0.25) is 0 Å². The minimum atomic E-state index is -0.365. The SMILES string of the molecule is CNCCC(=O)NC(CC(=O)OC(C)C)c1ccc(C)cc1.Cl. The number of amides is 1. The van der Waals surface area contributed by atoms with Crippen molar-refractivity contribution in [1.29, 1.82) is 0 Å². The molecule has 0 aliphatic rings. The molecule has 6 heteroatoms. The number of halogens is 1. The predicted octanol–water partition coefficient (Wildman–Crippen LogP) is 2.53. The highest BCUT2D eigenvalue weighted by molar-refractivity contribution is 5.85. The summed E-state index contributed by atoms with van der Waals surface area (Å²) in [6.07, 6.45) is 0.344. The van der Waals surface area contributed by atoms with Crippen LogP contribution in [0.4, 0.5) is 0 Å². The van der Waals surface area contributed by atoms with E-state index in [2.05, 4.69) is 10.6 Å². The van der Waals surface area contributed by atoms with Gasteiger partial charge in [-0.2, -0.15) is 0 Å². The maximum absolute atomic E-state index is 12.0. The standard InChI is InChI=1S/C17H26N2O3.ClH/c1-12(2)22-17(21)11-15(19-16(20)9-10-18-4)14-7-5-13(3)6-8-14;/h5-8,12,15,18H,9-11H2,1-4H3,(H,19,20);1H. The van der Waals surface area contributed by atoms with Crippen molar-refractivity contribution in [1.82, 2.24) is 10.6 Å². The largest absolute Gasteiger partial charge is 0.463 e. The fourth-order valence-electron chi connectivity index (χ4n) is 2.03. The number of aryl methyl sites for hydroxylation is 1. The molecule has 0 heterocycles. The van der Waals surface area contributed by atoms with Gasteiger partial charge in [0, 0.05) is 13.0 Å². The Hall–Kier alpha value is -1.59. The van der Waals surface area contributed by atoms with Crippen molar-refractivity contribution in [2.75, 3.05) is 13.6 Å². The molecule has 0 radical (unpaired) electrons. The molecule has 23 heavy (non-hydrogen) atoms. The Morgan fingerprint density at radius 2 is 1.78 bits per heavy atom. The third-order valence-corrected chi connectivity index (χ3v) is 3.15. The Balaban J connectivity index is 0.00000484. The number of benzene rings is 1. The van der Waals surface area contributed by atoms with E-state index >= 15 is 0 Å². The first kappa shape index (κ1) is 21.4. The summed E-state index contributed by atoms with van der Waals surface area (Å²) in [4.78, 5) is 23.9. The molecule has 0 spiro atoms. The summed E-state index contributed by atoms with van der Waals surface area (Å²) in [5, 5.41) is 5.85. The van der Waals surface area contributed by atoms with Crippen molar-refractivity contribution in [3.05, 3.63) is 35.4 Å². The Labute approximate surface area is 144 Å². The molecular formula is C17H27ClN2O3. The van der Waals surface area contributed by atoms with Gasteiger partial charge >= 0.3 is 5.97 Å². The molecule has 1 unspecified atom stereocenters. The average Bonchev–Trinajstić information content (AvgIpc) is 2.44. The van der Waals surface area contributed by atoms with Gasteiger partial charge in [0.05, 0.1) is 18.6 Å². The molecule has 130 valence electrons. The van der Waals surface area contributed by atoms with Crippen LogP contribution in [0.15, 0.2) is 24.3 Å². The summed E-state index contributed by atoms with van der Waals surface area (Å²) >= 11 is 0. The minimum absolute atomic E-state index is 0. The number of esters is 1. The molecule has 0 aromatic heterocycles. The third-order valence-electron chi connectivity index (χ3n) is 3.15. The summed E-state index contributed by atoms with van der Waals surface area (Å²) in [5.74, 6) is -0.397. The van der Waals surface area contributed by atoms with Crippen LogP contribution in [0.3, 0.4) is 0 Å². The van der Waals surface area contributed by atoms with E-state index < -0.39 is 0 Å². The highest BCUT2D eigenvalue weighted by Crippen LogP contribution is 2.19. The van der Waals surface area contributed by atoms with Crippen LogP contribution >= 0.6 is 12.4 Å². The van der Waals surface area contributed by atoms with Gasteiger partial charge in [-0.05, 0) is 33.4 Å². The Bertz CT molecular complexity index is 489. The van der Waals surface area contributed by atoms with Gasteiger partial charge in [0.2, 0.25) is 5.91 Å². The first-order valence-corrected chi connectivity index (χ1v) is 7.62. The first-order chi connectivity index (χ1) is 10.4. The lowest BCUT2D eigenvalue weighted by atomic mass is 10.0. The molecule has 0 fully saturated rings. The molecule has 0 aliphatic heterocycles. The van der Waals surface area contributed by atoms with Crippen molar-refractivity contribution in [3.8, 4) is 0 Å². The quantitative estimate of drug-likeness (QED) is 0.712. The van der Waals surface area contributed by atoms with Gasteiger partial charge in [-0.3, -0.25) is 9.59 Å². The molecule has 0 bridgehead atoms. The normalized spacial score (nSPS) is 11.5. The van der Waals surface area contributed by atoms with Gasteiger partial charge in [-0.15, -0.1) is 12.4 Å². The zero-order chi connectivity index (χ0) is 16.5. The molecule has 1 aromatic rings. The van der Waals surface area contributed by atoms with Gasteiger partial charge in [-0.25, -0.2) is 0 Å². The summed E-state index contributed by atoms with van der Waals surface area (Å²) in [5.41, 5.74) is 2.04. The average molecular weight is 343 g/mol. The van der Waals surface area contributed by atoms with Crippen LogP contribution in [-0.2, 0) is 14.3 Å². The number of hydrogen-bond donors (Lipinski definition) is 2. The van der Waals surface area contributed by atoms with Crippen molar-refractivity contribution < 1.29 is 14.3 Å². The summed E-state index contributed by atoms with van der Waals surface area (Å²) in [7, 11) is 1.80. The molecule has 5 nitrogen and oxygen atoms in total. The van der Waals surface area contributed by atoms with E-state index in [4.69, 9.17) is 4.74 Å². The smallest absolute Gasteiger partial charge is 0.308 e. The second-order valence-corrected chi connectivity index (χ2v) is 5.63. The fraction of sp³-hybridized carbons (Fsp3) is 0.529. The number of carbonyl (C=O) groups excluding carboxylic acids is 2. The molecule has 0 aliphatic carbocycles. The number of rotatable bonds is 8. The maximum Gasteiger partial charge on any atom is 0.308 e. The van der Waals surface area contributed by atoms with Crippen LogP contribution in [0.5, 0.6) is 0 Å². The summed E-state index contributed by atoms with van der Waals surface area (Å²) < 4.78 is 5.19.